The molecule has 0 saturated carbocycles. The van der Waals surface area contributed by atoms with E-state index < -0.39 is 0 Å². The van der Waals surface area contributed by atoms with Gasteiger partial charge >= 0.3 is 0 Å². The fraction of sp³-hybridized carbons (Fsp3) is 0.846. The topological polar surface area (TPSA) is 64.0 Å². The van der Waals surface area contributed by atoms with Gasteiger partial charge in [-0.25, -0.2) is 4.68 Å². The zero-order valence-electron chi connectivity index (χ0n) is 12.5. The van der Waals surface area contributed by atoms with Gasteiger partial charge in [0.2, 0.25) is 0 Å². The lowest BCUT2D eigenvalue weighted by molar-refractivity contribution is 0.124. The molecule has 0 fully saturated rings. The van der Waals surface area contributed by atoms with Crippen molar-refractivity contribution in [2.45, 2.75) is 52.9 Å². The third kappa shape index (κ3) is 7.92. The Balaban J connectivity index is 2.09. The zero-order valence-corrected chi connectivity index (χ0v) is 12.5. The molecule has 1 rings (SSSR count). The molecule has 6 heteroatoms. The molecule has 0 amide bonds. The van der Waals surface area contributed by atoms with E-state index in [0.29, 0.717) is 18.7 Å². The van der Waals surface area contributed by atoms with E-state index in [1.807, 2.05) is 10.9 Å². The second-order valence-electron chi connectivity index (χ2n) is 5.23. The Morgan fingerprint density at radius 2 is 1.89 bits per heavy atom. The number of hydrogen-bond donors (Lipinski definition) is 2. The van der Waals surface area contributed by atoms with Crippen molar-refractivity contribution in [2.24, 2.45) is 0 Å². The van der Waals surface area contributed by atoms with Crippen molar-refractivity contribution in [3.05, 3.63) is 11.9 Å². The first-order valence-electron chi connectivity index (χ1n) is 7.01. The third-order valence-electron chi connectivity index (χ3n) is 2.54. The number of nitrogens with zero attached hydrogens (tertiary/aromatic N) is 3. The van der Waals surface area contributed by atoms with E-state index in [9.17, 15) is 0 Å². The summed E-state index contributed by atoms with van der Waals surface area (Å²) in [6.07, 6.45) is 1.96. The summed E-state index contributed by atoms with van der Waals surface area (Å²) >= 11 is 0. The van der Waals surface area contributed by atoms with Crippen LogP contribution >= 0.6 is 0 Å². The van der Waals surface area contributed by atoms with Crippen LogP contribution in [0.5, 0.6) is 0 Å². The molecule has 0 aliphatic heterocycles. The van der Waals surface area contributed by atoms with Gasteiger partial charge in [0.15, 0.2) is 0 Å². The summed E-state index contributed by atoms with van der Waals surface area (Å²) in [4.78, 5) is 0. The van der Waals surface area contributed by atoms with Crippen LogP contribution < -0.4 is 10.6 Å². The predicted octanol–water partition coefficient (Wildman–Crippen LogP) is 0.791. The lowest BCUT2D eigenvalue weighted by Gasteiger charge is -2.08. The van der Waals surface area contributed by atoms with Crippen LogP contribution in [0.3, 0.4) is 0 Å². The molecule has 1 aromatic heterocycles. The van der Waals surface area contributed by atoms with Crippen LogP contribution in [0, 0.1) is 0 Å². The van der Waals surface area contributed by atoms with Gasteiger partial charge in [-0.1, -0.05) is 32.9 Å². The summed E-state index contributed by atoms with van der Waals surface area (Å²) in [5.41, 5.74) is 0.968. The first kappa shape index (κ1) is 16.1. The van der Waals surface area contributed by atoms with Crippen molar-refractivity contribution in [2.75, 3.05) is 19.8 Å². The minimum Gasteiger partial charge on any atom is -0.378 e. The molecule has 1 aromatic rings. The van der Waals surface area contributed by atoms with Gasteiger partial charge in [0.1, 0.15) is 0 Å². The van der Waals surface area contributed by atoms with Gasteiger partial charge in [-0.2, -0.15) is 0 Å². The van der Waals surface area contributed by atoms with E-state index in [0.717, 1.165) is 31.9 Å². The fourth-order valence-corrected chi connectivity index (χ4v) is 1.52. The van der Waals surface area contributed by atoms with Gasteiger partial charge < -0.3 is 15.4 Å². The monoisotopic (exact) mass is 269 g/mol. The van der Waals surface area contributed by atoms with E-state index in [1.165, 1.54) is 0 Å². The number of ether oxygens (including phenoxy) is 1. The Morgan fingerprint density at radius 3 is 2.58 bits per heavy atom. The van der Waals surface area contributed by atoms with Gasteiger partial charge in [-0.05, 0) is 0 Å². The van der Waals surface area contributed by atoms with Crippen molar-refractivity contribution in [1.82, 2.24) is 25.6 Å². The van der Waals surface area contributed by atoms with Gasteiger partial charge in [0.05, 0.1) is 25.5 Å². The average molecular weight is 269 g/mol. The molecule has 1 heterocycles. The highest BCUT2D eigenvalue weighted by Crippen LogP contribution is 1.94. The highest BCUT2D eigenvalue weighted by atomic mass is 16.5. The van der Waals surface area contributed by atoms with Crippen molar-refractivity contribution >= 4 is 0 Å². The van der Waals surface area contributed by atoms with Crippen LogP contribution in [0.4, 0.5) is 0 Å². The van der Waals surface area contributed by atoms with Crippen LogP contribution in [-0.4, -0.2) is 46.8 Å². The largest absolute Gasteiger partial charge is 0.378 e. The minimum absolute atomic E-state index is 0.460. The van der Waals surface area contributed by atoms with Crippen molar-refractivity contribution in [3.63, 3.8) is 0 Å². The van der Waals surface area contributed by atoms with Gasteiger partial charge in [0, 0.05) is 31.4 Å². The SMILES string of the molecule is CC(C)NCCOCCn1cc(CNC(C)C)nn1. The molecule has 110 valence electrons. The predicted molar refractivity (Wildman–Crippen MR) is 76.0 cm³/mol. The minimum atomic E-state index is 0.460. The molecular weight excluding hydrogens is 242 g/mol. The standard InChI is InChI=1S/C13H27N5O/c1-11(2)14-5-7-19-8-6-18-10-13(16-17-18)9-15-12(3)4/h10-12,14-15H,5-9H2,1-4H3. The molecule has 0 aliphatic rings. The first-order chi connectivity index (χ1) is 9.08. The number of hydrogen-bond acceptors (Lipinski definition) is 5. The van der Waals surface area contributed by atoms with Crippen LogP contribution in [0.2, 0.25) is 0 Å². The van der Waals surface area contributed by atoms with Crippen LogP contribution in [0.1, 0.15) is 33.4 Å². The number of nitrogens with one attached hydrogen (secondary N) is 2. The molecule has 0 saturated heterocycles. The summed E-state index contributed by atoms with van der Waals surface area (Å²) in [6.45, 7) is 12.3. The maximum Gasteiger partial charge on any atom is 0.0964 e. The smallest absolute Gasteiger partial charge is 0.0964 e. The maximum absolute atomic E-state index is 5.53. The summed E-state index contributed by atoms with van der Waals surface area (Å²) in [5, 5.41) is 14.8. The highest BCUT2D eigenvalue weighted by molar-refractivity contribution is 4.91. The molecule has 2 N–H and O–H groups in total. The molecule has 6 nitrogen and oxygen atoms in total. The summed E-state index contributed by atoms with van der Waals surface area (Å²) in [6, 6.07) is 0.969. The second kappa shape index (κ2) is 9.01. The van der Waals surface area contributed by atoms with Gasteiger partial charge in [-0.3, -0.25) is 0 Å². The highest BCUT2D eigenvalue weighted by Gasteiger charge is 2.01. The van der Waals surface area contributed by atoms with Gasteiger partial charge in [0.25, 0.3) is 0 Å². The molecule has 0 spiro atoms. The molecule has 0 unspecified atom stereocenters. The molecule has 0 bridgehead atoms. The molecule has 0 aromatic carbocycles. The third-order valence-corrected chi connectivity index (χ3v) is 2.54. The lowest BCUT2D eigenvalue weighted by atomic mass is 10.3. The zero-order chi connectivity index (χ0) is 14.1. The summed E-state index contributed by atoms with van der Waals surface area (Å²) in [5.74, 6) is 0. The normalized spacial score (nSPS) is 11.7. The molecule has 0 atom stereocenters. The lowest BCUT2D eigenvalue weighted by Crippen LogP contribution is -2.27. The van der Waals surface area contributed by atoms with E-state index in [4.69, 9.17) is 4.74 Å². The van der Waals surface area contributed by atoms with Gasteiger partial charge in [-0.15, -0.1) is 5.10 Å². The average Bonchev–Trinajstić information content (AvgIpc) is 2.78. The van der Waals surface area contributed by atoms with Crippen molar-refractivity contribution in [1.29, 1.82) is 0 Å². The van der Waals surface area contributed by atoms with E-state index >= 15 is 0 Å². The van der Waals surface area contributed by atoms with Crippen molar-refractivity contribution in [3.8, 4) is 0 Å². The molecular formula is C13H27N5O. The Hall–Kier alpha value is -0.980. The maximum atomic E-state index is 5.53. The second-order valence-corrected chi connectivity index (χ2v) is 5.23. The Labute approximate surface area is 115 Å². The number of aromatic nitrogens is 3. The summed E-state index contributed by atoms with van der Waals surface area (Å²) in [7, 11) is 0. The Morgan fingerprint density at radius 1 is 1.16 bits per heavy atom. The van der Waals surface area contributed by atoms with Crippen molar-refractivity contribution < 1.29 is 4.74 Å². The summed E-state index contributed by atoms with van der Waals surface area (Å²) < 4.78 is 7.36. The van der Waals surface area contributed by atoms with E-state index in [1.54, 1.807) is 0 Å². The first-order valence-corrected chi connectivity index (χ1v) is 7.01. The molecule has 0 radical (unpaired) electrons. The quantitative estimate of drug-likeness (QED) is 0.615. The van der Waals surface area contributed by atoms with Crippen LogP contribution in [0.15, 0.2) is 6.20 Å². The molecule has 0 aliphatic carbocycles. The van der Waals surface area contributed by atoms with E-state index in [-0.39, 0.29) is 0 Å². The van der Waals surface area contributed by atoms with E-state index in [2.05, 4.69) is 48.6 Å². The number of rotatable bonds is 10. The Bertz CT molecular complexity index is 338. The van der Waals surface area contributed by atoms with Crippen LogP contribution in [0.25, 0.3) is 0 Å². The molecule has 19 heavy (non-hydrogen) atoms. The Kier molecular flexibility index (Phi) is 7.62. The fourth-order valence-electron chi connectivity index (χ4n) is 1.52. The van der Waals surface area contributed by atoms with Crippen LogP contribution in [-0.2, 0) is 17.8 Å².